The maximum Gasteiger partial charge on any atom is 0.416 e. The van der Waals surface area contributed by atoms with Gasteiger partial charge >= 0.3 is 6.18 Å². The summed E-state index contributed by atoms with van der Waals surface area (Å²) < 4.78 is 37.5. The van der Waals surface area contributed by atoms with Gasteiger partial charge in [-0.3, -0.25) is 35.3 Å². The zero-order valence-electron chi connectivity index (χ0n) is 14.4. The highest BCUT2D eigenvalue weighted by Crippen LogP contribution is 2.29. The molecule has 12 heteroatoms. The van der Waals surface area contributed by atoms with Gasteiger partial charge in [0.05, 0.1) is 17.0 Å². The molecule has 0 spiro atoms. The standard InChI is InChI=1S/C17H13F3N4O5/c18-17(19,20)12-6-4-10(5-7-12)15(26)21-9-14(25)22-23-16(27)11-2-1-3-13(8-11)24(28)29/h1-8H,9H2,(H,21,26)(H,22,25)(H,23,27). The number of hydrogen-bond donors (Lipinski definition) is 3. The summed E-state index contributed by atoms with van der Waals surface area (Å²) in [4.78, 5) is 45.4. The molecule has 3 N–H and O–H groups in total. The van der Waals surface area contributed by atoms with Crippen LogP contribution in [0.1, 0.15) is 26.3 Å². The highest BCUT2D eigenvalue weighted by Gasteiger charge is 2.30. The van der Waals surface area contributed by atoms with Crippen LogP contribution < -0.4 is 16.2 Å². The fourth-order valence-corrected chi connectivity index (χ4v) is 2.08. The van der Waals surface area contributed by atoms with E-state index in [1.165, 1.54) is 18.2 Å². The van der Waals surface area contributed by atoms with Crippen molar-refractivity contribution in [3.05, 3.63) is 75.3 Å². The maximum absolute atomic E-state index is 12.5. The lowest BCUT2D eigenvalue weighted by molar-refractivity contribution is -0.384. The summed E-state index contributed by atoms with van der Waals surface area (Å²) >= 11 is 0. The number of carbonyl (C=O) groups is 3. The largest absolute Gasteiger partial charge is 0.416 e. The van der Waals surface area contributed by atoms with Crippen LogP contribution in [-0.4, -0.2) is 29.2 Å². The van der Waals surface area contributed by atoms with E-state index in [-0.39, 0.29) is 16.8 Å². The number of nitro benzene ring substituents is 1. The molecule has 0 unspecified atom stereocenters. The summed E-state index contributed by atoms with van der Waals surface area (Å²) in [6.45, 7) is -0.574. The lowest BCUT2D eigenvalue weighted by Gasteiger charge is -2.09. The van der Waals surface area contributed by atoms with Crippen LogP contribution in [0.4, 0.5) is 18.9 Å². The van der Waals surface area contributed by atoms with E-state index in [1.54, 1.807) is 0 Å². The van der Waals surface area contributed by atoms with E-state index in [4.69, 9.17) is 0 Å². The molecule has 29 heavy (non-hydrogen) atoms. The Morgan fingerprint density at radius 2 is 1.59 bits per heavy atom. The lowest BCUT2D eigenvalue weighted by atomic mass is 10.1. The van der Waals surface area contributed by atoms with Gasteiger partial charge in [-0.2, -0.15) is 13.2 Å². The van der Waals surface area contributed by atoms with Gasteiger partial charge in [-0.05, 0) is 30.3 Å². The van der Waals surface area contributed by atoms with Gasteiger partial charge in [0.1, 0.15) is 0 Å². The molecule has 2 aromatic rings. The highest BCUT2D eigenvalue weighted by atomic mass is 19.4. The van der Waals surface area contributed by atoms with Gasteiger partial charge in [-0.25, -0.2) is 0 Å². The molecule has 0 aliphatic rings. The van der Waals surface area contributed by atoms with Crippen molar-refractivity contribution in [2.75, 3.05) is 6.54 Å². The van der Waals surface area contributed by atoms with Gasteiger partial charge in [-0.15, -0.1) is 0 Å². The molecule has 2 aromatic carbocycles. The molecular weight excluding hydrogens is 397 g/mol. The van der Waals surface area contributed by atoms with Crippen LogP contribution in [0.2, 0.25) is 0 Å². The van der Waals surface area contributed by atoms with Crippen LogP contribution in [0.3, 0.4) is 0 Å². The Labute approximate surface area is 161 Å². The predicted molar refractivity (Wildman–Crippen MR) is 92.5 cm³/mol. The quantitative estimate of drug-likeness (QED) is 0.511. The average molecular weight is 410 g/mol. The number of halogens is 3. The zero-order chi connectivity index (χ0) is 21.6. The summed E-state index contributed by atoms with van der Waals surface area (Å²) in [5.41, 5.74) is 2.61. The highest BCUT2D eigenvalue weighted by molar-refractivity contribution is 5.98. The van der Waals surface area contributed by atoms with Crippen molar-refractivity contribution < 1.29 is 32.5 Å². The molecule has 0 saturated carbocycles. The van der Waals surface area contributed by atoms with Crippen LogP contribution in [0.25, 0.3) is 0 Å². The molecule has 0 aliphatic carbocycles. The number of rotatable bonds is 5. The van der Waals surface area contributed by atoms with E-state index in [0.29, 0.717) is 0 Å². The van der Waals surface area contributed by atoms with Crippen LogP contribution in [0, 0.1) is 10.1 Å². The first-order chi connectivity index (χ1) is 13.6. The number of carbonyl (C=O) groups excluding carboxylic acids is 3. The van der Waals surface area contributed by atoms with Crippen molar-refractivity contribution in [3.8, 4) is 0 Å². The maximum atomic E-state index is 12.5. The Morgan fingerprint density at radius 1 is 0.931 bits per heavy atom. The summed E-state index contributed by atoms with van der Waals surface area (Å²) in [7, 11) is 0. The Morgan fingerprint density at radius 3 is 2.17 bits per heavy atom. The third-order valence-electron chi connectivity index (χ3n) is 3.52. The third-order valence-corrected chi connectivity index (χ3v) is 3.52. The first-order valence-corrected chi connectivity index (χ1v) is 7.87. The van der Waals surface area contributed by atoms with E-state index in [2.05, 4.69) is 5.32 Å². The molecule has 2 rings (SSSR count). The SMILES string of the molecule is O=C(CNC(=O)c1ccc(C(F)(F)F)cc1)NNC(=O)c1cccc([N+](=O)[O-])c1. The first kappa shape index (κ1) is 21.3. The van der Waals surface area contributed by atoms with E-state index < -0.39 is 40.9 Å². The Bertz CT molecular complexity index is 945. The number of nitro groups is 1. The number of amides is 3. The van der Waals surface area contributed by atoms with Crippen LogP contribution in [-0.2, 0) is 11.0 Å². The molecule has 9 nitrogen and oxygen atoms in total. The predicted octanol–water partition coefficient (Wildman–Crippen LogP) is 1.80. The van der Waals surface area contributed by atoms with Crippen LogP contribution in [0.5, 0.6) is 0 Å². The van der Waals surface area contributed by atoms with Gasteiger partial charge in [0.25, 0.3) is 23.4 Å². The van der Waals surface area contributed by atoms with Crippen LogP contribution >= 0.6 is 0 Å². The monoisotopic (exact) mass is 410 g/mol. The zero-order valence-corrected chi connectivity index (χ0v) is 14.4. The van der Waals surface area contributed by atoms with Crippen molar-refractivity contribution in [3.63, 3.8) is 0 Å². The number of nitrogens with one attached hydrogen (secondary N) is 3. The molecule has 0 heterocycles. The summed E-state index contributed by atoms with van der Waals surface area (Å²) in [6.07, 6.45) is -4.54. The van der Waals surface area contributed by atoms with Gasteiger partial charge in [-0.1, -0.05) is 6.07 Å². The second-order valence-electron chi connectivity index (χ2n) is 5.57. The van der Waals surface area contributed by atoms with Gasteiger partial charge in [0.15, 0.2) is 0 Å². The summed E-state index contributed by atoms with van der Waals surface area (Å²) in [6, 6.07) is 8.16. The van der Waals surface area contributed by atoms with E-state index >= 15 is 0 Å². The topological polar surface area (TPSA) is 130 Å². The molecule has 0 atom stereocenters. The molecule has 0 fully saturated rings. The van der Waals surface area contributed by atoms with Crippen molar-refractivity contribution in [2.24, 2.45) is 0 Å². The minimum absolute atomic E-state index is 0.0757. The normalized spacial score (nSPS) is 10.7. The average Bonchev–Trinajstić information content (AvgIpc) is 2.69. The number of hydrogen-bond acceptors (Lipinski definition) is 5. The molecule has 0 radical (unpaired) electrons. The minimum Gasteiger partial charge on any atom is -0.343 e. The Hall–Kier alpha value is -3.96. The molecule has 0 bridgehead atoms. The summed E-state index contributed by atoms with van der Waals surface area (Å²) in [5, 5.41) is 12.9. The van der Waals surface area contributed by atoms with E-state index in [0.717, 1.165) is 30.3 Å². The van der Waals surface area contributed by atoms with Crippen LogP contribution in [0.15, 0.2) is 48.5 Å². The van der Waals surface area contributed by atoms with Crippen molar-refractivity contribution >= 4 is 23.4 Å². The molecule has 0 saturated heterocycles. The number of benzene rings is 2. The minimum atomic E-state index is -4.54. The summed E-state index contributed by atoms with van der Waals surface area (Å²) in [5.74, 6) is -2.45. The molecule has 3 amide bonds. The second-order valence-corrected chi connectivity index (χ2v) is 5.57. The van der Waals surface area contributed by atoms with Crippen molar-refractivity contribution in [1.29, 1.82) is 0 Å². The molecule has 152 valence electrons. The molecular formula is C17H13F3N4O5. The Balaban J connectivity index is 1.83. The molecule has 0 aliphatic heterocycles. The van der Waals surface area contributed by atoms with Crippen molar-refractivity contribution in [2.45, 2.75) is 6.18 Å². The first-order valence-electron chi connectivity index (χ1n) is 7.87. The molecule has 0 aromatic heterocycles. The number of non-ortho nitro benzene ring substituents is 1. The van der Waals surface area contributed by atoms with Crippen molar-refractivity contribution in [1.82, 2.24) is 16.2 Å². The number of nitrogens with zero attached hydrogens (tertiary/aromatic N) is 1. The Kier molecular flexibility index (Phi) is 6.49. The smallest absolute Gasteiger partial charge is 0.343 e. The van der Waals surface area contributed by atoms with Gasteiger partial charge in [0, 0.05) is 23.3 Å². The fraction of sp³-hybridized carbons (Fsp3) is 0.118. The second kappa shape index (κ2) is 8.82. The fourth-order valence-electron chi connectivity index (χ4n) is 2.08. The number of alkyl halides is 3. The van der Waals surface area contributed by atoms with E-state index in [9.17, 15) is 37.7 Å². The lowest BCUT2D eigenvalue weighted by Crippen LogP contribution is -2.46. The number of hydrazine groups is 1. The third kappa shape index (κ3) is 6.02. The van der Waals surface area contributed by atoms with Gasteiger partial charge in [0.2, 0.25) is 0 Å². The van der Waals surface area contributed by atoms with E-state index in [1.807, 2.05) is 10.9 Å². The van der Waals surface area contributed by atoms with Gasteiger partial charge < -0.3 is 5.32 Å².